The Morgan fingerprint density at radius 1 is 1.53 bits per heavy atom. The first-order valence-corrected chi connectivity index (χ1v) is 5.99. The molecule has 0 saturated carbocycles. The van der Waals surface area contributed by atoms with Gasteiger partial charge < -0.3 is 15.0 Å². The predicted molar refractivity (Wildman–Crippen MR) is 64.5 cm³/mol. The number of esters is 1. The van der Waals surface area contributed by atoms with Gasteiger partial charge in [-0.1, -0.05) is 6.92 Å². The Morgan fingerprint density at radius 2 is 2.18 bits per heavy atom. The highest BCUT2D eigenvalue weighted by atomic mass is 16.5. The van der Waals surface area contributed by atoms with Gasteiger partial charge in [-0.3, -0.25) is 9.59 Å². The van der Waals surface area contributed by atoms with Crippen LogP contribution in [0.4, 0.5) is 0 Å². The molecule has 0 aromatic carbocycles. The Morgan fingerprint density at radius 3 is 2.65 bits per heavy atom. The molecule has 0 aliphatic carbocycles. The normalized spacial score (nSPS) is 25.4. The third-order valence-corrected chi connectivity index (χ3v) is 3.34. The summed E-state index contributed by atoms with van der Waals surface area (Å²) in [5, 5.41) is 3.22. The Labute approximate surface area is 102 Å². The van der Waals surface area contributed by atoms with Gasteiger partial charge in [-0.15, -0.1) is 0 Å². The van der Waals surface area contributed by atoms with Crippen molar-refractivity contribution in [3.63, 3.8) is 0 Å². The number of amides is 1. The standard InChI is InChI=1S/C12H22N2O3/c1-9(10(15)17-4)8-14(3)11(16)12(2)6-5-7-13-12/h9,13H,5-8H2,1-4H3. The predicted octanol–water partition coefficient (Wildman–Crippen LogP) is 0.396. The zero-order valence-corrected chi connectivity index (χ0v) is 11.1. The third-order valence-electron chi connectivity index (χ3n) is 3.34. The maximum absolute atomic E-state index is 12.2. The number of nitrogens with one attached hydrogen (secondary N) is 1. The molecule has 1 saturated heterocycles. The first-order valence-electron chi connectivity index (χ1n) is 5.99. The van der Waals surface area contributed by atoms with E-state index in [1.807, 2.05) is 6.92 Å². The molecule has 98 valence electrons. The van der Waals surface area contributed by atoms with E-state index in [1.165, 1.54) is 7.11 Å². The molecule has 1 amide bonds. The summed E-state index contributed by atoms with van der Waals surface area (Å²) in [6, 6.07) is 0. The Balaban J connectivity index is 2.55. The first kappa shape index (κ1) is 14.0. The summed E-state index contributed by atoms with van der Waals surface area (Å²) in [5.74, 6) is -0.529. The van der Waals surface area contributed by atoms with Crippen molar-refractivity contribution in [2.24, 2.45) is 5.92 Å². The van der Waals surface area contributed by atoms with E-state index in [2.05, 4.69) is 10.1 Å². The summed E-state index contributed by atoms with van der Waals surface area (Å²) >= 11 is 0. The van der Waals surface area contributed by atoms with Crippen LogP contribution in [0.3, 0.4) is 0 Å². The van der Waals surface area contributed by atoms with E-state index < -0.39 is 5.54 Å². The molecule has 0 aromatic rings. The Hall–Kier alpha value is -1.10. The molecule has 17 heavy (non-hydrogen) atoms. The van der Waals surface area contributed by atoms with Gasteiger partial charge in [0.25, 0.3) is 0 Å². The molecule has 5 heteroatoms. The van der Waals surface area contributed by atoms with Crippen molar-refractivity contribution in [3.05, 3.63) is 0 Å². The van der Waals surface area contributed by atoms with Gasteiger partial charge in [0.2, 0.25) is 5.91 Å². The van der Waals surface area contributed by atoms with Crippen molar-refractivity contribution < 1.29 is 14.3 Å². The van der Waals surface area contributed by atoms with Crippen LogP contribution >= 0.6 is 0 Å². The number of hydrogen-bond acceptors (Lipinski definition) is 4. The van der Waals surface area contributed by atoms with Gasteiger partial charge in [0, 0.05) is 13.6 Å². The van der Waals surface area contributed by atoms with Crippen molar-refractivity contribution in [1.82, 2.24) is 10.2 Å². The molecule has 0 aromatic heterocycles. The third kappa shape index (κ3) is 3.19. The van der Waals surface area contributed by atoms with E-state index in [1.54, 1.807) is 18.9 Å². The van der Waals surface area contributed by atoms with E-state index >= 15 is 0 Å². The van der Waals surface area contributed by atoms with Crippen LogP contribution in [-0.4, -0.2) is 49.6 Å². The summed E-state index contributed by atoms with van der Waals surface area (Å²) in [7, 11) is 3.09. The number of nitrogens with zero attached hydrogens (tertiary/aromatic N) is 1. The van der Waals surface area contributed by atoms with Gasteiger partial charge in [0.1, 0.15) is 0 Å². The lowest BCUT2D eigenvalue weighted by atomic mass is 9.98. The van der Waals surface area contributed by atoms with Gasteiger partial charge in [0.05, 0.1) is 18.6 Å². The molecule has 0 spiro atoms. The summed E-state index contributed by atoms with van der Waals surface area (Å²) < 4.78 is 4.65. The fourth-order valence-electron chi connectivity index (χ4n) is 2.27. The van der Waals surface area contributed by atoms with Crippen LogP contribution in [0.5, 0.6) is 0 Å². The van der Waals surface area contributed by atoms with Gasteiger partial charge in [-0.05, 0) is 26.3 Å². The van der Waals surface area contributed by atoms with Crippen molar-refractivity contribution in [2.45, 2.75) is 32.2 Å². The minimum absolute atomic E-state index is 0.0470. The van der Waals surface area contributed by atoms with Crippen LogP contribution in [0.25, 0.3) is 0 Å². The minimum atomic E-state index is -0.468. The van der Waals surface area contributed by atoms with Gasteiger partial charge >= 0.3 is 5.97 Å². The topological polar surface area (TPSA) is 58.6 Å². The van der Waals surface area contributed by atoms with E-state index in [4.69, 9.17) is 0 Å². The highest BCUT2D eigenvalue weighted by molar-refractivity contribution is 5.86. The number of ether oxygens (including phenoxy) is 1. The second kappa shape index (κ2) is 5.49. The number of hydrogen-bond donors (Lipinski definition) is 1. The molecular formula is C12H22N2O3. The fraction of sp³-hybridized carbons (Fsp3) is 0.833. The molecule has 0 bridgehead atoms. The van der Waals surface area contributed by atoms with Crippen LogP contribution in [0.15, 0.2) is 0 Å². The number of rotatable bonds is 4. The van der Waals surface area contributed by atoms with E-state index in [0.717, 1.165) is 19.4 Å². The van der Waals surface area contributed by atoms with Crippen LogP contribution in [0.1, 0.15) is 26.7 Å². The molecule has 5 nitrogen and oxygen atoms in total. The molecule has 0 radical (unpaired) electrons. The van der Waals surface area contributed by atoms with Gasteiger partial charge in [0.15, 0.2) is 0 Å². The Bertz CT molecular complexity index is 298. The number of methoxy groups -OCH3 is 1. The van der Waals surface area contributed by atoms with Crippen molar-refractivity contribution >= 4 is 11.9 Å². The molecule has 1 aliphatic rings. The molecule has 2 unspecified atom stereocenters. The van der Waals surface area contributed by atoms with Crippen molar-refractivity contribution in [2.75, 3.05) is 27.2 Å². The second-order valence-corrected chi connectivity index (χ2v) is 4.97. The second-order valence-electron chi connectivity index (χ2n) is 4.97. The van der Waals surface area contributed by atoms with Gasteiger partial charge in [-0.25, -0.2) is 0 Å². The summed E-state index contributed by atoms with van der Waals surface area (Å²) in [5.41, 5.74) is -0.468. The monoisotopic (exact) mass is 242 g/mol. The van der Waals surface area contributed by atoms with Crippen LogP contribution < -0.4 is 5.32 Å². The smallest absolute Gasteiger partial charge is 0.310 e. The first-order chi connectivity index (χ1) is 7.90. The SMILES string of the molecule is COC(=O)C(C)CN(C)C(=O)C1(C)CCCN1. The summed E-state index contributed by atoms with van der Waals surface area (Å²) in [4.78, 5) is 25.1. The Kier molecular flexibility index (Phi) is 4.51. The van der Waals surface area contributed by atoms with Gasteiger partial charge in [-0.2, -0.15) is 0 Å². The number of carbonyl (C=O) groups is 2. The average molecular weight is 242 g/mol. The minimum Gasteiger partial charge on any atom is -0.469 e. The average Bonchev–Trinajstić information content (AvgIpc) is 2.75. The van der Waals surface area contributed by atoms with Crippen molar-refractivity contribution in [1.29, 1.82) is 0 Å². The molecular weight excluding hydrogens is 220 g/mol. The maximum Gasteiger partial charge on any atom is 0.310 e. The quantitative estimate of drug-likeness (QED) is 0.725. The molecule has 1 fully saturated rings. The van der Waals surface area contributed by atoms with E-state index in [-0.39, 0.29) is 17.8 Å². The lowest BCUT2D eigenvalue weighted by Crippen LogP contribution is -2.52. The summed E-state index contributed by atoms with van der Waals surface area (Å²) in [6.07, 6.45) is 1.87. The molecule has 1 rings (SSSR count). The molecule has 1 N–H and O–H groups in total. The molecule has 2 atom stereocenters. The van der Waals surface area contributed by atoms with Crippen LogP contribution in [-0.2, 0) is 14.3 Å². The van der Waals surface area contributed by atoms with Crippen molar-refractivity contribution in [3.8, 4) is 0 Å². The lowest BCUT2D eigenvalue weighted by molar-refractivity contribution is -0.146. The maximum atomic E-state index is 12.2. The largest absolute Gasteiger partial charge is 0.469 e. The highest BCUT2D eigenvalue weighted by Crippen LogP contribution is 2.21. The highest BCUT2D eigenvalue weighted by Gasteiger charge is 2.38. The van der Waals surface area contributed by atoms with E-state index in [9.17, 15) is 9.59 Å². The summed E-state index contributed by atoms with van der Waals surface area (Å²) in [6.45, 7) is 4.95. The number of likely N-dealkylation sites (N-methyl/N-ethyl adjacent to an activating group) is 1. The zero-order chi connectivity index (χ0) is 13.1. The fourth-order valence-corrected chi connectivity index (χ4v) is 2.27. The van der Waals surface area contributed by atoms with Crippen LogP contribution in [0.2, 0.25) is 0 Å². The number of carbonyl (C=O) groups excluding carboxylic acids is 2. The van der Waals surface area contributed by atoms with E-state index in [0.29, 0.717) is 6.54 Å². The zero-order valence-electron chi connectivity index (χ0n) is 11.1. The molecule has 1 aliphatic heterocycles. The van der Waals surface area contributed by atoms with Crippen LogP contribution in [0, 0.1) is 5.92 Å². The lowest BCUT2D eigenvalue weighted by Gasteiger charge is -2.30. The molecule has 1 heterocycles.